The Kier molecular flexibility index (Phi) is 6.03. The number of hydrogen-bond donors (Lipinski definition) is 0. The lowest BCUT2D eigenvalue weighted by molar-refractivity contribution is 1.17. The maximum absolute atomic E-state index is 2.55. The Balaban J connectivity index is 1.31. The molecule has 0 fully saturated rings. The minimum Gasteiger partial charge on any atom is -0.307 e. The number of rotatable bonds is 4. The summed E-state index contributed by atoms with van der Waals surface area (Å²) in [6, 6.07) is 62.3. The first-order valence-electron chi connectivity index (χ1n) is 16.9. The van der Waals surface area contributed by atoms with E-state index in [0.29, 0.717) is 0 Å². The summed E-state index contributed by atoms with van der Waals surface area (Å²) in [5.41, 5.74) is 7.08. The molecular weight excluding hydrogens is 645 g/mol. The largest absolute Gasteiger partial charge is 0.307 e. The standard InChI is InChI=1S/C46H28N2S2/c1-2-14-30(15-3-1)47-37-22-8-6-17-32(37)34-19-10-23-38(44(34)47)48(39-24-11-20-35-33-18-7-9-26-41(33)49-45(35)39)40-25-12-21-36-43-31-16-5-4-13-29(31)27-28-42(43)50-46(36)40/h1-28H. The van der Waals surface area contributed by atoms with Gasteiger partial charge in [-0.2, -0.15) is 0 Å². The van der Waals surface area contributed by atoms with Gasteiger partial charge in [-0.3, -0.25) is 0 Å². The van der Waals surface area contributed by atoms with Gasteiger partial charge in [-0.15, -0.1) is 22.7 Å². The lowest BCUT2D eigenvalue weighted by Gasteiger charge is -2.28. The lowest BCUT2D eigenvalue weighted by atomic mass is 10.0. The Labute approximate surface area is 296 Å². The highest BCUT2D eigenvalue weighted by molar-refractivity contribution is 7.27. The third-order valence-electron chi connectivity index (χ3n) is 10.2. The molecular formula is C46H28N2S2. The van der Waals surface area contributed by atoms with Crippen molar-refractivity contribution in [2.75, 3.05) is 4.90 Å². The molecule has 3 aromatic heterocycles. The van der Waals surface area contributed by atoms with Crippen molar-refractivity contribution >= 4 is 113 Å². The lowest BCUT2D eigenvalue weighted by Crippen LogP contribution is -2.12. The van der Waals surface area contributed by atoms with E-state index < -0.39 is 0 Å². The van der Waals surface area contributed by atoms with Gasteiger partial charge < -0.3 is 9.47 Å². The van der Waals surface area contributed by atoms with Crippen LogP contribution in [0.5, 0.6) is 0 Å². The van der Waals surface area contributed by atoms with E-state index in [9.17, 15) is 0 Å². The fourth-order valence-electron chi connectivity index (χ4n) is 8.05. The summed E-state index contributed by atoms with van der Waals surface area (Å²) in [6.07, 6.45) is 0. The molecule has 0 unspecified atom stereocenters. The molecule has 11 aromatic rings. The zero-order valence-electron chi connectivity index (χ0n) is 26.9. The number of aromatic nitrogens is 1. The number of benzene rings is 8. The monoisotopic (exact) mass is 672 g/mol. The number of nitrogens with zero attached hydrogens (tertiary/aromatic N) is 2. The molecule has 4 heteroatoms. The van der Waals surface area contributed by atoms with Gasteiger partial charge in [0.25, 0.3) is 0 Å². The maximum Gasteiger partial charge on any atom is 0.0782 e. The predicted molar refractivity (Wildman–Crippen MR) is 219 cm³/mol. The summed E-state index contributed by atoms with van der Waals surface area (Å²) in [5, 5.41) is 10.3. The normalized spacial score (nSPS) is 12.0. The topological polar surface area (TPSA) is 8.17 Å². The molecule has 50 heavy (non-hydrogen) atoms. The number of para-hydroxylation sites is 3. The van der Waals surface area contributed by atoms with E-state index in [1.807, 2.05) is 22.7 Å². The second-order valence-corrected chi connectivity index (χ2v) is 15.0. The van der Waals surface area contributed by atoms with Crippen molar-refractivity contribution in [2.45, 2.75) is 0 Å². The number of anilines is 3. The molecule has 0 N–H and O–H groups in total. The number of fused-ring (bicyclic) bond motifs is 11. The summed E-state index contributed by atoms with van der Waals surface area (Å²) in [7, 11) is 0. The summed E-state index contributed by atoms with van der Waals surface area (Å²) >= 11 is 3.78. The van der Waals surface area contributed by atoms with Crippen LogP contribution >= 0.6 is 22.7 Å². The molecule has 0 spiro atoms. The van der Waals surface area contributed by atoms with E-state index in [1.165, 1.54) is 84.3 Å². The molecule has 3 heterocycles. The molecule has 234 valence electrons. The van der Waals surface area contributed by atoms with Gasteiger partial charge >= 0.3 is 0 Å². The fourth-order valence-corrected chi connectivity index (χ4v) is 10.5. The van der Waals surface area contributed by atoms with Crippen LogP contribution in [0.3, 0.4) is 0 Å². The molecule has 0 amide bonds. The highest BCUT2D eigenvalue weighted by atomic mass is 32.1. The Morgan fingerprint density at radius 3 is 1.82 bits per heavy atom. The molecule has 11 rings (SSSR count). The molecule has 0 aliphatic carbocycles. The van der Waals surface area contributed by atoms with Gasteiger partial charge in [0.1, 0.15) is 0 Å². The van der Waals surface area contributed by atoms with Crippen LogP contribution < -0.4 is 4.90 Å². The van der Waals surface area contributed by atoms with Gasteiger partial charge in [0.05, 0.1) is 37.5 Å². The van der Waals surface area contributed by atoms with Gasteiger partial charge in [0.2, 0.25) is 0 Å². The van der Waals surface area contributed by atoms with Crippen molar-refractivity contribution in [1.29, 1.82) is 0 Å². The Morgan fingerprint density at radius 1 is 0.380 bits per heavy atom. The first-order chi connectivity index (χ1) is 24.8. The Morgan fingerprint density at radius 2 is 0.980 bits per heavy atom. The SMILES string of the molecule is c1ccc(-n2c3ccccc3c3cccc(N(c4cccc5c4sc4ccccc45)c4cccc5c4sc4ccc6ccccc6c45)c32)cc1. The van der Waals surface area contributed by atoms with Crippen LogP contribution in [0, 0.1) is 0 Å². The van der Waals surface area contributed by atoms with Crippen LogP contribution in [0.25, 0.3) is 78.6 Å². The van der Waals surface area contributed by atoms with E-state index in [0.717, 1.165) is 11.4 Å². The second-order valence-electron chi connectivity index (χ2n) is 12.9. The first-order valence-corrected chi connectivity index (χ1v) is 18.6. The maximum atomic E-state index is 2.55. The van der Waals surface area contributed by atoms with Gasteiger partial charge in [0, 0.05) is 47.4 Å². The summed E-state index contributed by atoms with van der Waals surface area (Å²) < 4.78 is 7.64. The van der Waals surface area contributed by atoms with Crippen molar-refractivity contribution in [1.82, 2.24) is 4.57 Å². The highest BCUT2D eigenvalue weighted by Gasteiger charge is 2.26. The molecule has 0 saturated carbocycles. The van der Waals surface area contributed by atoms with Crippen molar-refractivity contribution in [3.8, 4) is 5.69 Å². The summed E-state index contributed by atoms with van der Waals surface area (Å²) in [4.78, 5) is 2.55. The highest BCUT2D eigenvalue weighted by Crippen LogP contribution is 2.51. The predicted octanol–water partition coefficient (Wildman–Crippen LogP) is 14.1. The van der Waals surface area contributed by atoms with Gasteiger partial charge in [-0.05, 0) is 59.3 Å². The Hall–Kier alpha value is -5.94. The molecule has 0 aliphatic heterocycles. The number of hydrogen-bond acceptors (Lipinski definition) is 3. The van der Waals surface area contributed by atoms with E-state index in [1.54, 1.807) is 0 Å². The van der Waals surface area contributed by atoms with E-state index in [2.05, 4.69) is 179 Å². The summed E-state index contributed by atoms with van der Waals surface area (Å²) in [6.45, 7) is 0. The zero-order chi connectivity index (χ0) is 32.8. The molecule has 8 aromatic carbocycles. The molecule has 0 saturated heterocycles. The van der Waals surface area contributed by atoms with Gasteiger partial charge in [-0.25, -0.2) is 0 Å². The van der Waals surface area contributed by atoms with Gasteiger partial charge in [0.15, 0.2) is 0 Å². The molecule has 0 atom stereocenters. The van der Waals surface area contributed by atoms with Gasteiger partial charge in [-0.1, -0.05) is 121 Å². The molecule has 0 bridgehead atoms. The van der Waals surface area contributed by atoms with E-state index in [-0.39, 0.29) is 0 Å². The van der Waals surface area contributed by atoms with E-state index in [4.69, 9.17) is 0 Å². The van der Waals surface area contributed by atoms with Crippen LogP contribution in [0.2, 0.25) is 0 Å². The minimum absolute atomic E-state index is 1.15. The smallest absolute Gasteiger partial charge is 0.0782 e. The van der Waals surface area contributed by atoms with Crippen LogP contribution in [0.15, 0.2) is 170 Å². The average molecular weight is 673 g/mol. The first kappa shape index (κ1) is 28.0. The number of thiophene rings is 2. The van der Waals surface area contributed by atoms with Crippen LogP contribution in [-0.2, 0) is 0 Å². The van der Waals surface area contributed by atoms with Crippen LogP contribution in [0.1, 0.15) is 0 Å². The minimum atomic E-state index is 1.15. The molecule has 0 aliphatic rings. The van der Waals surface area contributed by atoms with E-state index >= 15 is 0 Å². The Bertz CT molecular complexity index is 3110. The van der Waals surface area contributed by atoms with Crippen LogP contribution in [0.4, 0.5) is 17.1 Å². The van der Waals surface area contributed by atoms with Crippen molar-refractivity contribution in [3.63, 3.8) is 0 Å². The second kappa shape index (κ2) is 10.8. The average Bonchev–Trinajstić information content (AvgIpc) is 3.86. The quantitative estimate of drug-likeness (QED) is 0.181. The van der Waals surface area contributed by atoms with Crippen molar-refractivity contribution < 1.29 is 0 Å². The molecule has 0 radical (unpaired) electrons. The molecule has 2 nitrogen and oxygen atoms in total. The summed E-state index contributed by atoms with van der Waals surface area (Å²) in [5.74, 6) is 0. The zero-order valence-corrected chi connectivity index (χ0v) is 28.5. The van der Waals surface area contributed by atoms with Crippen molar-refractivity contribution in [2.24, 2.45) is 0 Å². The third-order valence-corrected chi connectivity index (χ3v) is 12.6. The fraction of sp³-hybridized carbons (Fsp3) is 0. The third kappa shape index (κ3) is 3.95. The van der Waals surface area contributed by atoms with Crippen LogP contribution in [-0.4, -0.2) is 4.57 Å². The van der Waals surface area contributed by atoms with Crippen molar-refractivity contribution in [3.05, 3.63) is 170 Å².